The molecular weight excluding hydrogens is 342 g/mol. The molecule has 1 atom stereocenters. The maximum Gasteiger partial charge on any atom is 0.251 e. The summed E-state index contributed by atoms with van der Waals surface area (Å²) < 4.78 is 0. The summed E-state index contributed by atoms with van der Waals surface area (Å²) in [5.74, 6) is -0.330. The third-order valence-electron chi connectivity index (χ3n) is 4.94. The first-order valence-electron chi connectivity index (χ1n) is 9.25. The predicted octanol–water partition coefficient (Wildman–Crippen LogP) is 2.04. The van der Waals surface area contributed by atoms with Gasteiger partial charge in [0.05, 0.1) is 0 Å². The van der Waals surface area contributed by atoms with Gasteiger partial charge in [-0.3, -0.25) is 14.4 Å². The van der Waals surface area contributed by atoms with Crippen LogP contribution in [0.2, 0.25) is 0 Å². The molecule has 1 N–H and O–H groups in total. The number of hydrogen-bond acceptors (Lipinski definition) is 3. The zero-order valence-electron chi connectivity index (χ0n) is 15.8. The van der Waals surface area contributed by atoms with E-state index in [1.165, 1.54) is 4.90 Å². The van der Waals surface area contributed by atoms with Crippen LogP contribution in [0.5, 0.6) is 0 Å². The van der Waals surface area contributed by atoms with Gasteiger partial charge in [-0.1, -0.05) is 30.3 Å². The second-order valence-corrected chi connectivity index (χ2v) is 7.05. The molecule has 0 aromatic heterocycles. The molecule has 142 valence electrons. The minimum atomic E-state index is -0.372. The highest BCUT2D eigenvalue weighted by Crippen LogP contribution is 2.20. The minimum Gasteiger partial charge on any atom is -0.352 e. The van der Waals surface area contributed by atoms with Gasteiger partial charge in [-0.15, -0.1) is 0 Å². The Morgan fingerprint density at radius 1 is 1.11 bits per heavy atom. The molecule has 1 aliphatic rings. The lowest BCUT2D eigenvalue weighted by molar-refractivity contribution is -0.142. The van der Waals surface area contributed by atoms with E-state index in [0.717, 1.165) is 17.2 Å². The Balaban J connectivity index is 1.54. The van der Waals surface area contributed by atoms with Gasteiger partial charge in [0.1, 0.15) is 6.04 Å². The summed E-state index contributed by atoms with van der Waals surface area (Å²) in [5.41, 5.74) is 0.572. The van der Waals surface area contributed by atoms with Gasteiger partial charge >= 0.3 is 0 Å². The molecule has 3 amide bonds. The van der Waals surface area contributed by atoms with E-state index in [0.29, 0.717) is 18.5 Å². The van der Waals surface area contributed by atoms with Crippen LogP contribution in [0.4, 0.5) is 0 Å². The summed E-state index contributed by atoms with van der Waals surface area (Å²) in [7, 11) is 3.40. The highest BCUT2D eigenvalue weighted by Gasteiger charge is 2.34. The van der Waals surface area contributed by atoms with Crippen molar-refractivity contribution in [1.29, 1.82) is 0 Å². The van der Waals surface area contributed by atoms with Crippen molar-refractivity contribution in [2.24, 2.45) is 0 Å². The fourth-order valence-corrected chi connectivity index (χ4v) is 3.48. The quantitative estimate of drug-likeness (QED) is 0.879. The molecule has 2 aromatic rings. The van der Waals surface area contributed by atoms with Crippen molar-refractivity contribution in [2.45, 2.75) is 25.3 Å². The number of nitrogens with zero attached hydrogens (tertiary/aromatic N) is 2. The topological polar surface area (TPSA) is 69.7 Å². The molecule has 6 heteroatoms. The van der Waals surface area contributed by atoms with E-state index in [9.17, 15) is 14.4 Å². The van der Waals surface area contributed by atoms with Crippen molar-refractivity contribution < 1.29 is 14.4 Å². The van der Waals surface area contributed by atoms with Gasteiger partial charge in [0.25, 0.3) is 5.91 Å². The number of nitrogens with one attached hydrogen (secondary N) is 1. The molecule has 0 aliphatic carbocycles. The largest absolute Gasteiger partial charge is 0.352 e. The van der Waals surface area contributed by atoms with E-state index in [4.69, 9.17) is 0 Å². The van der Waals surface area contributed by atoms with E-state index in [2.05, 4.69) is 5.32 Å². The second-order valence-electron chi connectivity index (χ2n) is 7.05. The zero-order valence-corrected chi connectivity index (χ0v) is 15.8. The van der Waals surface area contributed by atoms with Gasteiger partial charge in [-0.05, 0) is 35.7 Å². The highest BCUT2D eigenvalue weighted by molar-refractivity contribution is 5.98. The molecule has 0 radical (unpaired) electrons. The Morgan fingerprint density at radius 2 is 1.85 bits per heavy atom. The van der Waals surface area contributed by atoms with E-state index < -0.39 is 0 Å². The van der Waals surface area contributed by atoms with E-state index in [1.807, 2.05) is 36.4 Å². The van der Waals surface area contributed by atoms with Crippen LogP contribution in [0.15, 0.2) is 42.5 Å². The lowest BCUT2D eigenvalue weighted by atomic mass is 10.1. The highest BCUT2D eigenvalue weighted by atomic mass is 16.2. The SMILES string of the molecule is CN(C)C(=O)C1CCCN1C(=O)CCNC(=O)c1ccc2ccccc2c1. The first-order chi connectivity index (χ1) is 13.0. The predicted molar refractivity (Wildman–Crippen MR) is 104 cm³/mol. The molecule has 0 spiro atoms. The second kappa shape index (κ2) is 8.20. The van der Waals surface area contributed by atoms with Crippen LogP contribution in [0.25, 0.3) is 10.8 Å². The number of amides is 3. The summed E-state index contributed by atoms with van der Waals surface area (Å²) >= 11 is 0. The fraction of sp³-hybridized carbons (Fsp3) is 0.381. The lowest BCUT2D eigenvalue weighted by Gasteiger charge is -2.26. The Labute approximate surface area is 159 Å². The Hall–Kier alpha value is -2.89. The van der Waals surface area contributed by atoms with Gasteiger partial charge < -0.3 is 15.1 Å². The number of likely N-dealkylation sites (N-methyl/N-ethyl adjacent to an activating group) is 1. The average Bonchev–Trinajstić information content (AvgIpc) is 3.16. The maximum atomic E-state index is 12.5. The maximum absolute atomic E-state index is 12.5. The first kappa shape index (κ1) is 18.9. The molecule has 2 aromatic carbocycles. The number of benzene rings is 2. The number of rotatable bonds is 5. The summed E-state index contributed by atoms with van der Waals surface area (Å²) in [4.78, 5) is 40.2. The first-order valence-corrected chi connectivity index (χ1v) is 9.25. The molecule has 0 saturated carbocycles. The van der Waals surface area contributed by atoms with E-state index >= 15 is 0 Å². The Morgan fingerprint density at radius 3 is 2.59 bits per heavy atom. The summed E-state index contributed by atoms with van der Waals surface area (Å²) in [6.45, 7) is 0.853. The van der Waals surface area contributed by atoms with Crippen molar-refractivity contribution in [3.8, 4) is 0 Å². The monoisotopic (exact) mass is 367 g/mol. The standard InChI is InChI=1S/C21H25N3O3/c1-23(2)21(27)18-8-5-13-24(18)19(25)11-12-22-20(26)17-10-9-15-6-3-4-7-16(15)14-17/h3-4,6-7,9-10,14,18H,5,8,11-13H2,1-2H3,(H,22,26). The number of carbonyl (C=O) groups excluding carboxylic acids is 3. The van der Waals surface area contributed by atoms with Gasteiger partial charge in [-0.2, -0.15) is 0 Å². The normalized spacial score (nSPS) is 16.4. The Bertz CT molecular complexity index is 863. The molecule has 27 heavy (non-hydrogen) atoms. The van der Waals surface area contributed by atoms with Crippen LogP contribution >= 0.6 is 0 Å². The lowest BCUT2D eigenvalue weighted by Crippen LogP contribution is -2.46. The molecule has 1 saturated heterocycles. The number of fused-ring (bicyclic) bond motifs is 1. The van der Waals surface area contributed by atoms with Gasteiger partial charge in [-0.25, -0.2) is 0 Å². The number of hydrogen-bond donors (Lipinski definition) is 1. The van der Waals surface area contributed by atoms with Gasteiger partial charge in [0.15, 0.2) is 0 Å². The molecule has 1 unspecified atom stereocenters. The van der Waals surface area contributed by atoms with Crippen LogP contribution in [-0.2, 0) is 9.59 Å². The van der Waals surface area contributed by atoms with Crippen molar-refractivity contribution in [1.82, 2.24) is 15.1 Å². The van der Waals surface area contributed by atoms with E-state index in [1.54, 1.807) is 25.1 Å². The van der Waals surface area contributed by atoms with Crippen LogP contribution in [0.1, 0.15) is 29.6 Å². The summed E-state index contributed by atoms with van der Waals surface area (Å²) in [6, 6.07) is 13.0. The van der Waals surface area contributed by atoms with Crippen LogP contribution in [0, 0.1) is 0 Å². The van der Waals surface area contributed by atoms with Crippen molar-refractivity contribution in [2.75, 3.05) is 27.2 Å². The van der Waals surface area contributed by atoms with Crippen molar-refractivity contribution in [3.63, 3.8) is 0 Å². The van der Waals surface area contributed by atoms with Crippen molar-refractivity contribution in [3.05, 3.63) is 48.0 Å². The molecule has 1 fully saturated rings. The summed E-state index contributed by atoms with van der Waals surface area (Å²) in [6.07, 6.45) is 1.72. The third kappa shape index (κ3) is 4.27. The van der Waals surface area contributed by atoms with Crippen LogP contribution in [-0.4, -0.2) is 60.7 Å². The van der Waals surface area contributed by atoms with E-state index in [-0.39, 0.29) is 36.7 Å². The molecular formula is C21H25N3O3. The average molecular weight is 367 g/mol. The van der Waals surface area contributed by atoms with Crippen LogP contribution in [0.3, 0.4) is 0 Å². The summed E-state index contributed by atoms with van der Waals surface area (Å²) in [5, 5.41) is 4.88. The molecule has 3 rings (SSSR count). The molecule has 1 heterocycles. The Kier molecular flexibility index (Phi) is 5.74. The fourth-order valence-electron chi connectivity index (χ4n) is 3.48. The minimum absolute atomic E-state index is 0.0407. The molecule has 6 nitrogen and oxygen atoms in total. The number of carbonyl (C=O) groups is 3. The van der Waals surface area contributed by atoms with Gasteiger partial charge in [0.2, 0.25) is 11.8 Å². The van der Waals surface area contributed by atoms with Gasteiger partial charge in [0, 0.05) is 39.2 Å². The smallest absolute Gasteiger partial charge is 0.251 e. The van der Waals surface area contributed by atoms with Crippen LogP contribution < -0.4 is 5.32 Å². The molecule has 1 aliphatic heterocycles. The third-order valence-corrected chi connectivity index (χ3v) is 4.94. The number of likely N-dealkylation sites (tertiary alicyclic amines) is 1. The molecule has 0 bridgehead atoms. The van der Waals surface area contributed by atoms with Crippen molar-refractivity contribution >= 4 is 28.5 Å². The zero-order chi connectivity index (χ0) is 19.4.